The van der Waals surface area contributed by atoms with Gasteiger partial charge in [0.2, 0.25) is 0 Å². The molecule has 1 atom stereocenters. The van der Waals surface area contributed by atoms with Crippen molar-refractivity contribution in [1.29, 1.82) is 0 Å². The number of rotatable bonds is 5. The van der Waals surface area contributed by atoms with Crippen LogP contribution in [0.4, 0.5) is 11.4 Å². The van der Waals surface area contributed by atoms with Crippen LogP contribution in [0.25, 0.3) is 0 Å². The van der Waals surface area contributed by atoms with Crippen molar-refractivity contribution in [3.8, 4) is 0 Å². The predicted molar refractivity (Wildman–Crippen MR) is 83.1 cm³/mol. The summed E-state index contributed by atoms with van der Waals surface area (Å²) in [6.45, 7) is 1.72. The summed E-state index contributed by atoms with van der Waals surface area (Å²) in [5.41, 5.74) is 0.781. The number of carbonyl (C=O) groups excluding carboxylic acids is 1. The lowest BCUT2D eigenvalue weighted by Crippen LogP contribution is -2.45. The van der Waals surface area contributed by atoms with Gasteiger partial charge in [0, 0.05) is 30.3 Å². The van der Waals surface area contributed by atoms with Gasteiger partial charge in [-0.05, 0) is 44.4 Å². The SMILES string of the molecule is O=C(N[C@H]1CCCNC1)c1ccc(NC2CC2)c([N+](=O)[O-])c1. The van der Waals surface area contributed by atoms with E-state index in [2.05, 4.69) is 16.0 Å². The summed E-state index contributed by atoms with van der Waals surface area (Å²) in [5.74, 6) is -0.255. The summed E-state index contributed by atoms with van der Waals surface area (Å²) < 4.78 is 0. The monoisotopic (exact) mass is 304 g/mol. The number of carbonyl (C=O) groups is 1. The first-order valence-corrected chi connectivity index (χ1v) is 7.70. The van der Waals surface area contributed by atoms with Crippen LogP contribution in [0.15, 0.2) is 18.2 Å². The van der Waals surface area contributed by atoms with Crippen molar-refractivity contribution in [3.63, 3.8) is 0 Å². The minimum atomic E-state index is -0.441. The average Bonchev–Trinajstić information content (AvgIpc) is 3.32. The maximum Gasteiger partial charge on any atom is 0.293 e. The molecule has 1 heterocycles. The Balaban J connectivity index is 1.73. The molecular weight excluding hydrogens is 284 g/mol. The van der Waals surface area contributed by atoms with Crippen molar-refractivity contribution in [2.75, 3.05) is 18.4 Å². The van der Waals surface area contributed by atoms with Crippen LogP contribution in [0.1, 0.15) is 36.0 Å². The van der Waals surface area contributed by atoms with Crippen LogP contribution in [-0.4, -0.2) is 36.0 Å². The Labute approximate surface area is 128 Å². The molecule has 0 unspecified atom stereocenters. The summed E-state index contributed by atoms with van der Waals surface area (Å²) in [4.78, 5) is 23.0. The third-order valence-corrected chi connectivity index (χ3v) is 4.03. The molecule has 1 saturated heterocycles. The number of benzene rings is 1. The Morgan fingerprint density at radius 2 is 2.09 bits per heavy atom. The Bertz CT molecular complexity index is 580. The molecule has 7 heteroatoms. The Hall–Kier alpha value is -2.15. The van der Waals surface area contributed by atoms with Gasteiger partial charge in [-0.2, -0.15) is 0 Å². The largest absolute Gasteiger partial charge is 0.377 e. The number of nitrogens with zero attached hydrogens (tertiary/aromatic N) is 1. The van der Waals surface area contributed by atoms with Crippen molar-refractivity contribution < 1.29 is 9.72 Å². The van der Waals surface area contributed by atoms with Gasteiger partial charge >= 0.3 is 0 Å². The van der Waals surface area contributed by atoms with Gasteiger partial charge in [0.1, 0.15) is 5.69 Å². The third kappa shape index (κ3) is 3.54. The van der Waals surface area contributed by atoms with Crippen LogP contribution < -0.4 is 16.0 Å². The molecule has 1 aromatic carbocycles. The second-order valence-electron chi connectivity index (χ2n) is 5.92. The van der Waals surface area contributed by atoms with E-state index >= 15 is 0 Å². The number of amides is 1. The van der Waals surface area contributed by atoms with Crippen molar-refractivity contribution in [2.24, 2.45) is 0 Å². The molecular formula is C15H20N4O3. The zero-order valence-corrected chi connectivity index (χ0v) is 12.3. The molecule has 118 valence electrons. The Kier molecular flexibility index (Phi) is 4.24. The van der Waals surface area contributed by atoms with Crippen LogP contribution >= 0.6 is 0 Å². The molecule has 0 aromatic heterocycles. The highest BCUT2D eigenvalue weighted by molar-refractivity contribution is 5.96. The number of nitro benzene ring substituents is 1. The van der Waals surface area contributed by atoms with Gasteiger partial charge in [-0.25, -0.2) is 0 Å². The van der Waals surface area contributed by atoms with Crippen LogP contribution in [0.3, 0.4) is 0 Å². The van der Waals surface area contributed by atoms with E-state index in [1.807, 2.05) is 0 Å². The van der Waals surface area contributed by atoms with E-state index in [1.54, 1.807) is 12.1 Å². The van der Waals surface area contributed by atoms with Crippen molar-refractivity contribution in [3.05, 3.63) is 33.9 Å². The van der Waals surface area contributed by atoms with E-state index < -0.39 is 4.92 Å². The zero-order valence-electron chi connectivity index (χ0n) is 12.3. The lowest BCUT2D eigenvalue weighted by Gasteiger charge is -2.23. The molecule has 1 saturated carbocycles. The molecule has 0 spiro atoms. The maximum atomic E-state index is 12.3. The standard InChI is InChI=1S/C15H20N4O3/c20-15(18-12-2-1-7-16-9-12)10-3-6-13(17-11-4-5-11)14(8-10)19(21)22/h3,6,8,11-12,16-17H,1-2,4-5,7,9H2,(H,18,20)/t12-/m0/s1. The van der Waals surface area contributed by atoms with Crippen LogP contribution in [0, 0.1) is 10.1 Å². The number of nitro groups is 1. The second-order valence-corrected chi connectivity index (χ2v) is 5.92. The third-order valence-electron chi connectivity index (χ3n) is 4.03. The van der Waals surface area contributed by atoms with Crippen molar-refractivity contribution in [2.45, 2.75) is 37.8 Å². The van der Waals surface area contributed by atoms with Gasteiger partial charge in [-0.1, -0.05) is 0 Å². The molecule has 3 N–H and O–H groups in total. The molecule has 2 aliphatic rings. The van der Waals surface area contributed by atoms with Gasteiger partial charge in [-0.15, -0.1) is 0 Å². The molecule has 2 fully saturated rings. The summed E-state index contributed by atoms with van der Waals surface area (Å²) >= 11 is 0. The first kappa shape index (κ1) is 14.8. The Morgan fingerprint density at radius 3 is 2.73 bits per heavy atom. The van der Waals surface area contributed by atoms with Crippen molar-refractivity contribution in [1.82, 2.24) is 10.6 Å². The highest BCUT2D eigenvalue weighted by Crippen LogP contribution is 2.31. The van der Waals surface area contributed by atoms with Gasteiger partial charge in [0.05, 0.1) is 4.92 Å². The van der Waals surface area contributed by atoms with Crippen LogP contribution in [-0.2, 0) is 0 Å². The van der Waals surface area contributed by atoms with Gasteiger partial charge in [0.15, 0.2) is 0 Å². The molecule has 3 rings (SSSR count). The first-order chi connectivity index (χ1) is 10.6. The second kappa shape index (κ2) is 6.31. The molecule has 1 aliphatic carbocycles. The fourth-order valence-corrected chi connectivity index (χ4v) is 2.64. The number of piperidine rings is 1. The quantitative estimate of drug-likeness (QED) is 0.568. The smallest absolute Gasteiger partial charge is 0.293 e. The van der Waals surface area contributed by atoms with Crippen molar-refractivity contribution >= 4 is 17.3 Å². The molecule has 1 aromatic rings. The summed E-state index contributed by atoms with van der Waals surface area (Å²) in [7, 11) is 0. The lowest BCUT2D eigenvalue weighted by molar-refractivity contribution is -0.384. The van der Waals surface area contributed by atoms with Gasteiger partial charge < -0.3 is 16.0 Å². The normalized spacial score (nSPS) is 21.2. The van der Waals surface area contributed by atoms with E-state index in [0.29, 0.717) is 17.3 Å². The number of hydrogen-bond acceptors (Lipinski definition) is 5. The number of hydrogen-bond donors (Lipinski definition) is 3. The van der Waals surface area contributed by atoms with Crippen LogP contribution in [0.5, 0.6) is 0 Å². The zero-order chi connectivity index (χ0) is 15.5. The van der Waals surface area contributed by atoms with E-state index in [1.165, 1.54) is 6.07 Å². The minimum absolute atomic E-state index is 0.0404. The fraction of sp³-hybridized carbons (Fsp3) is 0.533. The fourth-order valence-electron chi connectivity index (χ4n) is 2.64. The number of anilines is 1. The molecule has 0 radical (unpaired) electrons. The number of nitrogens with one attached hydrogen (secondary N) is 3. The Morgan fingerprint density at radius 1 is 1.27 bits per heavy atom. The predicted octanol–water partition coefficient (Wildman–Crippen LogP) is 1.65. The molecule has 1 aliphatic heterocycles. The molecule has 7 nitrogen and oxygen atoms in total. The van der Waals surface area contributed by atoms with E-state index in [9.17, 15) is 14.9 Å². The molecule has 1 amide bonds. The minimum Gasteiger partial charge on any atom is -0.377 e. The summed E-state index contributed by atoms with van der Waals surface area (Å²) in [6.07, 6.45) is 4.03. The topological polar surface area (TPSA) is 96.3 Å². The highest BCUT2D eigenvalue weighted by atomic mass is 16.6. The van der Waals surface area contributed by atoms with E-state index in [4.69, 9.17) is 0 Å². The van der Waals surface area contributed by atoms with E-state index in [-0.39, 0.29) is 17.6 Å². The van der Waals surface area contributed by atoms with Gasteiger partial charge in [-0.3, -0.25) is 14.9 Å². The first-order valence-electron chi connectivity index (χ1n) is 7.70. The highest BCUT2D eigenvalue weighted by Gasteiger charge is 2.26. The average molecular weight is 304 g/mol. The summed E-state index contributed by atoms with van der Waals surface area (Å²) in [5, 5.41) is 20.5. The van der Waals surface area contributed by atoms with Crippen LogP contribution in [0.2, 0.25) is 0 Å². The summed E-state index contributed by atoms with van der Waals surface area (Å²) in [6, 6.07) is 5.04. The molecule has 22 heavy (non-hydrogen) atoms. The molecule has 0 bridgehead atoms. The lowest BCUT2D eigenvalue weighted by atomic mass is 10.1. The van der Waals surface area contributed by atoms with E-state index in [0.717, 1.165) is 38.8 Å². The maximum absolute atomic E-state index is 12.3. The van der Waals surface area contributed by atoms with Gasteiger partial charge in [0.25, 0.3) is 11.6 Å².